The van der Waals surface area contributed by atoms with Crippen LogP contribution in [0.15, 0.2) is 47.4 Å². The maximum absolute atomic E-state index is 12.1. The van der Waals surface area contributed by atoms with Crippen molar-refractivity contribution in [2.75, 3.05) is 12.4 Å². The van der Waals surface area contributed by atoms with Crippen LogP contribution in [0, 0.1) is 0 Å². The first-order chi connectivity index (χ1) is 9.10. The van der Waals surface area contributed by atoms with E-state index < -0.39 is 0 Å². The second kappa shape index (κ2) is 5.99. The molecule has 2 aromatic carbocycles. The number of carbonyl (C=O) groups is 1. The van der Waals surface area contributed by atoms with Gasteiger partial charge in [-0.3, -0.25) is 4.79 Å². The monoisotopic (exact) mass is 293 g/mol. The second-order valence-electron chi connectivity index (χ2n) is 3.85. The summed E-state index contributed by atoms with van der Waals surface area (Å²) in [5, 5.41) is 3.20. The smallest absolute Gasteiger partial charge is 0.255 e. The summed E-state index contributed by atoms with van der Waals surface area (Å²) in [5.41, 5.74) is 1.03. The summed E-state index contributed by atoms with van der Waals surface area (Å²) in [5.74, 6) is 0.383. The van der Waals surface area contributed by atoms with Crippen LogP contribution in [0.25, 0.3) is 0 Å². The molecule has 2 rings (SSSR count). The first-order valence-corrected chi connectivity index (χ1v) is 6.36. The summed E-state index contributed by atoms with van der Waals surface area (Å²) in [4.78, 5) is 12.8. The van der Waals surface area contributed by atoms with Gasteiger partial charge >= 0.3 is 0 Å². The van der Waals surface area contributed by atoms with E-state index in [4.69, 9.17) is 16.3 Å². The SMILES string of the molecule is COc1ccc(Cl)c(NC(=O)c2cccc(S)c2)c1. The fourth-order valence-electron chi connectivity index (χ4n) is 1.57. The minimum absolute atomic E-state index is 0.244. The summed E-state index contributed by atoms with van der Waals surface area (Å²) in [6, 6.07) is 12.0. The highest BCUT2D eigenvalue weighted by Crippen LogP contribution is 2.27. The number of anilines is 1. The molecule has 0 saturated carbocycles. The zero-order valence-corrected chi connectivity index (χ0v) is 11.8. The number of rotatable bonds is 3. The predicted octanol–water partition coefficient (Wildman–Crippen LogP) is 3.89. The molecule has 0 fully saturated rings. The molecular formula is C14H12ClNO2S. The minimum Gasteiger partial charge on any atom is -0.497 e. The van der Waals surface area contributed by atoms with Gasteiger partial charge in [0.2, 0.25) is 0 Å². The van der Waals surface area contributed by atoms with Gasteiger partial charge in [-0.05, 0) is 30.3 Å². The average Bonchev–Trinajstić information content (AvgIpc) is 2.41. The molecule has 5 heteroatoms. The zero-order valence-electron chi connectivity index (χ0n) is 10.2. The van der Waals surface area contributed by atoms with Crippen molar-refractivity contribution in [3.05, 3.63) is 53.1 Å². The lowest BCUT2D eigenvalue weighted by Gasteiger charge is -2.09. The van der Waals surface area contributed by atoms with Crippen LogP contribution in [0.3, 0.4) is 0 Å². The predicted molar refractivity (Wildman–Crippen MR) is 79.7 cm³/mol. The fraction of sp³-hybridized carbons (Fsp3) is 0.0714. The highest BCUT2D eigenvalue weighted by molar-refractivity contribution is 7.80. The third-order valence-corrected chi connectivity index (χ3v) is 3.14. The van der Waals surface area contributed by atoms with Crippen molar-refractivity contribution in [2.24, 2.45) is 0 Å². The Kier molecular flexibility index (Phi) is 4.35. The van der Waals surface area contributed by atoms with Crippen molar-refractivity contribution in [3.8, 4) is 5.75 Å². The van der Waals surface area contributed by atoms with Crippen LogP contribution in [0.5, 0.6) is 5.75 Å². The van der Waals surface area contributed by atoms with Crippen LogP contribution >= 0.6 is 24.2 Å². The molecule has 0 aliphatic heterocycles. The van der Waals surface area contributed by atoms with Gasteiger partial charge in [-0.1, -0.05) is 17.7 Å². The van der Waals surface area contributed by atoms with Crippen LogP contribution in [0.2, 0.25) is 5.02 Å². The normalized spacial score (nSPS) is 10.1. The van der Waals surface area contributed by atoms with Gasteiger partial charge in [-0.25, -0.2) is 0 Å². The number of methoxy groups -OCH3 is 1. The lowest BCUT2D eigenvalue weighted by Crippen LogP contribution is -2.12. The van der Waals surface area contributed by atoms with Crippen LogP contribution in [-0.4, -0.2) is 13.0 Å². The molecule has 0 bridgehead atoms. The average molecular weight is 294 g/mol. The number of hydrogen-bond acceptors (Lipinski definition) is 3. The molecule has 2 aromatic rings. The van der Waals surface area contributed by atoms with Gasteiger partial charge in [0.1, 0.15) is 5.75 Å². The molecule has 0 aliphatic rings. The topological polar surface area (TPSA) is 38.3 Å². The number of halogens is 1. The number of hydrogen-bond donors (Lipinski definition) is 2. The molecule has 0 radical (unpaired) electrons. The van der Waals surface area contributed by atoms with E-state index >= 15 is 0 Å². The Morgan fingerprint density at radius 2 is 2.05 bits per heavy atom. The molecule has 0 heterocycles. The molecule has 3 nitrogen and oxygen atoms in total. The standard InChI is InChI=1S/C14H12ClNO2S/c1-18-10-5-6-12(15)13(8-10)16-14(17)9-3-2-4-11(19)7-9/h2-8,19H,1H3,(H,16,17). The van der Waals surface area contributed by atoms with Crippen LogP contribution in [0.1, 0.15) is 10.4 Å². The zero-order chi connectivity index (χ0) is 13.8. The number of carbonyl (C=O) groups excluding carboxylic acids is 1. The van der Waals surface area contributed by atoms with Crippen LogP contribution in [-0.2, 0) is 0 Å². The van der Waals surface area contributed by atoms with Crippen molar-refractivity contribution in [1.82, 2.24) is 0 Å². The number of thiol groups is 1. The van der Waals surface area contributed by atoms with E-state index in [9.17, 15) is 4.79 Å². The molecular weight excluding hydrogens is 282 g/mol. The van der Waals surface area contributed by atoms with E-state index in [0.717, 1.165) is 4.90 Å². The van der Waals surface area contributed by atoms with E-state index in [1.54, 1.807) is 49.6 Å². The third kappa shape index (κ3) is 3.43. The Bertz CT molecular complexity index is 616. The van der Waals surface area contributed by atoms with Gasteiger partial charge in [0.15, 0.2) is 0 Å². The number of amides is 1. The fourth-order valence-corrected chi connectivity index (χ4v) is 1.96. The quantitative estimate of drug-likeness (QED) is 0.843. The lowest BCUT2D eigenvalue weighted by molar-refractivity contribution is 0.102. The summed E-state index contributed by atoms with van der Waals surface area (Å²) < 4.78 is 5.09. The molecule has 98 valence electrons. The Hall–Kier alpha value is -1.65. The van der Waals surface area contributed by atoms with Gasteiger partial charge in [0, 0.05) is 16.5 Å². The third-order valence-electron chi connectivity index (χ3n) is 2.53. The lowest BCUT2D eigenvalue weighted by atomic mass is 10.2. The second-order valence-corrected chi connectivity index (χ2v) is 4.77. The van der Waals surface area contributed by atoms with Crippen molar-refractivity contribution in [1.29, 1.82) is 0 Å². The maximum atomic E-state index is 12.1. The van der Waals surface area contributed by atoms with Crippen molar-refractivity contribution < 1.29 is 9.53 Å². The van der Waals surface area contributed by atoms with E-state index in [0.29, 0.717) is 22.0 Å². The van der Waals surface area contributed by atoms with Gasteiger partial charge in [-0.2, -0.15) is 0 Å². The van der Waals surface area contributed by atoms with Gasteiger partial charge < -0.3 is 10.1 Å². The molecule has 1 amide bonds. The minimum atomic E-state index is -0.244. The first kappa shape index (κ1) is 13.8. The van der Waals surface area contributed by atoms with Crippen molar-refractivity contribution in [2.45, 2.75) is 4.90 Å². The Morgan fingerprint density at radius 1 is 1.26 bits per heavy atom. The van der Waals surface area contributed by atoms with Crippen LogP contribution < -0.4 is 10.1 Å². The van der Waals surface area contributed by atoms with Crippen LogP contribution in [0.4, 0.5) is 5.69 Å². The molecule has 0 unspecified atom stereocenters. The highest BCUT2D eigenvalue weighted by Gasteiger charge is 2.09. The molecule has 19 heavy (non-hydrogen) atoms. The highest BCUT2D eigenvalue weighted by atomic mass is 35.5. The Morgan fingerprint density at radius 3 is 2.74 bits per heavy atom. The van der Waals surface area contributed by atoms with E-state index in [2.05, 4.69) is 17.9 Å². The summed E-state index contributed by atoms with van der Waals surface area (Å²) in [6.07, 6.45) is 0. The molecule has 0 aliphatic carbocycles. The number of ether oxygens (including phenoxy) is 1. The Labute approximate surface area is 122 Å². The molecule has 0 saturated heterocycles. The number of nitrogens with one attached hydrogen (secondary N) is 1. The maximum Gasteiger partial charge on any atom is 0.255 e. The van der Waals surface area contributed by atoms with Gasteiger partial charge in [-0.15, -0.1) is 12.6 Å². The molecule has 0 spiro atoms. The molecule has 0 aromatic heterocycles. The molecule has 0 atom stereocenters. The van der Waals surface area contributed by atoms with Gasteiger partial charge in [0.05, 0.1) is 17.8 Å². The number of benzene rings is 2. The van der Waals surface area contributed by atoms with Crippen molar-refractivity contribution in [3.63, 3.8) is 0 Å². The van der Waals surface area contributed by atoms with E-state index in [-0.39, 0.29) is 5.91 Å². The summed E-state index contributed by atoms with van der Waals surface area (Å²) in [6.45, 7) is 0. The van der Waals surface area contributed by atoms with E-state index in [1.165, 1.54) is 0 Å². The van der Waals surface area contributed by atoms with Crippen molar-refractivity contribution >= 4 is 35.8 Å². The van der Waals surface area contributed by atoms with Gasteiger partial charge in [0.25, 0.3) is 5.91 Å². The molecule has 1 N–H and O–H groups in total. The summed E-state index contributed by atoms with van der Waals surface area (Å²) >= 11 is 10.2. The van der Waals surface area contributed by atoms with E-state index in [1.807, 2.05) is 0 Å². The largest absolute Gasteiger partial charge is 0.497 e. The first-order valence-electron chi connectivity index (χ1n) is 5.54. The Balaban J connectivity index is 2.23. The summed E-state index contributed by atoms with van der Waals surface area (Å²) in [7, 11) is 1.55.